The van der Waals surface area contributed by atoms with Gasteiger partial charge in [-0.25, -0.2) is 4.79 Å². The van der Waals surface area contributed by atoms with E-state index in [1.165, 1.54) is 11.6 Å². The molecule has 1 heterocycles. The molecule has 0 fully saturated rings. The predicted octanol–water partition coefficient (Wildman–Crippen LogP) is 4.04. The van der Waals surface area contributed by atoms with Gasteiger partial charge in [0, 0.05) is 6.42 Å². The summed E-state index contributed by atoms with van der Waals surface area (Å²) in [6.07, 6.45) is 3.54. The van der Waals surface area contributed by atoms with E-state index in [0.717, 1.165) is 24.2 Å². The molecule has 0 radical (unpaired) electrons. The van der Waals surface area contributed by atoms with Gasteiger partial charge in [0.2, 0.25) is 0 Å². The minimum Gasteiger partial charge on any atom is -0.501 e. The summed E-state index contributed by atoms with van der Waals surface area (Å²) in [5.41, 5.74) is 2.34. The maximum atomic E-state index is 11.5. The molecule has 0 aromatic heterocycles. The highest BCUT2D eigenvalue weighted by Gasteiger charge is 2.21. The second-order valence-corrected chi connectivity index (χ2v) is 6.03. The molecule has 1 aliphatic heterocycles. The third kappa shape index (κ3) is 5.11. The van der Waals surface area contributed by atoms with Crippen LogP contribution in [0.15, 0.2) is 66.4 Å². The Labute approximate surface area is 148 Å². The van der Waals surface area contributed by atoms with E-state index < -0.39 is 0 Å². The van der Waals surface area contributed by atoms with Crippen LogP contribution in [0.2, 0.25) is 0 Å². The Morgan fingerprint density at radius 1 is 1.04 bits per heavy atom. The van der Waals surface area contributed by atoms with E-state index >= 15 is 0 Å². The van der Waals surface area contributed by atoms with Crippen molar-refractivity contribution >= 4 is 5.97 Å². The highest BCUT2D eigenvalue weighted by molar-refractivity contribution is 5.83. The van der Waals surface area contributed by atoms with Gasteiger partial charge in [-0.15, -0.1) is 0 Å². The first-order chi connectivity index (χ1) is 12.2. The summed E-state index contributed by atoms with van der Waals surface area (Å²) in [5.74, 6) is 1.21. The van der Waals surface area contributed by atoms with Crippen LogP contribution in [0.3, 0.4) is 0 Å². The van der Waals surface area contributed by atoms with Crippen molar-refractivity contribution in [3.63, 3.8) is 0 Å². The number of hydrogen-bond acceptors (Lipinski definition) is 4. The number of cyclic esters (lactones) is 1. The lowest BCUT2D eigenvalue weighted by molar-refractivity contribution is -0.145. The van der Waals surface area contributed by atoms with E-state index in [1.807, 2.05) is 42.5 Å². The Bertz CT molecular complexity index is 719. The first-order valence-corrected chi connectivity index (χ1v) is 8.44. The largest absolute Gasteiger partial charge is 0.501 e. The second-order valence-electron chi connectivity index (χ2n) is 6.03. The SMILES string of the molecule is COC1=CC(=O)OC(CCc2ccc(OCc3ccccc3)cc2)C1. The molecule has 2 aromatic carbocycles. The number of aryl methyl sites for hydroxylation is 1. The third-order valence-corrected chi connectivity index (χ3v) is 4.18. The van der Waals surface area contributed by atoms with Crippen molar-refractivity contribution < 1.29 is 19.0 Å². The molecule has 0 bridgehead atoms. The molecule has 4 heteroatoms. The van der Waals surface area contributed by atoms with Gasteiger partial charge in [-0.05, 0) is 36.1 Å². The van der Waals surface area contributed by atoms with Crippen molar-refractivity contribution in [3.8, 4) is 5.75 Å². The Hall–Kier alpha value is -2.75. The molecular formula is C21H22O4. The van der Waals surface area contributed by atoms with Crippen LogP contribution < -0.4 is 4.74 Å². The van der Waals surface area contributed by atoms with Crippen LogP contribution in [0.25, 0.3) is 0 Å². The van der Waals surface area contributed by atoms with E-state index in [1.54, 1.807) is 7.11 Å². The summed E-state index contributed by atoms with van der Waals surface area (Å²) in [5, 5.41) is 0. The minimum absolute atomic E-state index is 0.124. The monoisotopic (exact) mass is 338 g/mol. The van der Waals surface area contributed by atoms with Gasteiger partial charge in [0.25, 0.3) is 0 Å². The van der Waals surface area contributed by atoms with Crippen molar-refractivity contribution in [2.24, 2.45) is 0 Å². The summed E-state index contributed by atoms with van der Waals surface area (Å²) in [7, 11) is 1.58. The highest BCUT2D eigenvalue weighted by atomic mass is 16.5. The van der Waals surface area contributed by atoms with E-state index in [2.05, 4.69) is 12.1 Å². The quantitative estimate of drug-likeness (QED) is 0.715. The van der Waals surface area contributed by atoms with Crippen molar-refractivity contribution in [1.29, 1.82) is 0 Å². The van der Waals surface area contributed by atoms with E-state index in [-0.39, 0.29) is 12.1 Å². The van der Waals surface area contributed by atoms with E-state index in [0.29, 0.717) is 18.8 Å². The molecule has 0 N–H and O–H groups in total. The fraction of sp³-hybridized carbons (Fsp3) is 0.286. The van der Waals surface area contributed by atoms with Crippen molar-refractivity contribution in [1.82, 2.24) is 0 Å². The molecule has 0 saturated carbocycles. The lowest BCUT2D eigenvalue weighted by Gasteiger charge is -2.22. The molecule has 0 aliphatic carbocycles. The second kappa shape index (κ2) is 8.38. The molecule has 0 saturated heterocycles. The van der Waals surface area contributed by atoms with Gasteiger partial charge in [-0.3, -0.25) is 0 Å². The molecule has 130 valence electrons. The number of carbonyl (C=O) groups is 1. The van der Waals surface area contributed by atoms with Gasteiger partial charge in [0.1, 0.15) is 24.2 Å². The van der Waals surface area contributed by atoms with Crippen molar-refractivity contribution in [2.75, 3.05) is 7.11 Å². The van der Waals surface area contributed by atoms with Crippen LogP contribution in [0.5, 0.6) is 5.75 Å². The van der Waals surface area contributed by atoms with Crippen LogP contribution in [-0.4, -0.2) is 19.2 Å². The molecule has 3 rings (SSSR count). The standard InChI is InChI=1S/C21H22O4/c1-23-20-13-19(25-21(22)14-20)12-9-16-7-10-18(11-8-16)24-15-17-5-3-2-4-6-17/h2-8,10-11,14,19H,9,12-13,15H2,1H3. The summed E-state index contributed by atoms with van der Waals surface area (Å²) >= 11 is 0. The summed E-state index contributed by atoms with van der Waals surface area (Å²) in [6.45, 7) is 0.560. The van der Waals surface area contributed by atoms with Crippen molar-refractivity contribution in [2.45, 2.75) is 32.0 Å². The Balaban J connectivity index is 1.48. The number of carbonyl (C=O) groups excluding carboxylic acids is 1. The van der Waals surface area contributed by atoms with Gasteiger partial charge in [-0.1, -0.05) is 42.5 Å². The zero-order valence-corrected chi connectivity index (χ0v) is 14.3. The molecule has 25 heavy (non-hydrogen) atoms. The van der Waals surface area contributed by atoms with Gasteiger partial charge >= 0.3 is 5.97 Å². The normalized spacial score (nSPS) is 16.8. The highest BCUT2D eigenvalue weighted by Crippen LogP contribution is 2.21. The number of rotatable bonds is 7. The molecule has 0 spiro atoms. The first kappa shape index (κ1) is 17.1. The lowest BCUT2D eigenvalue weighted by atomic mass is 10.0. The van der Waals surface area contributed by atoms with Crippen LogP contribution in [-0.2, 0) is 27.3 Å². The number of methoxy groups -OCH3 is 1. The maximum Gasteiger partial charge on any atom is 0.334 e. The summed E-state index contributed by atoms with van der Waals surface area (Å²) < 4.78 is 16.3. The maximum absolute atomic E-state index is 11.5. The number of esters is 1. The number of ether oxygens (including phenoxy) is 3. The zero-order chi connectivity index (χ0) is 17.5. The minimum atomic E-state index is -0.322. The molecule has 0 amide bonds. The van der Waals surface area contributed by atoms with Gasteiger partial charge in [-0.2, -0.15) is 0 Å². The van der Waals surface area contributed by atoms with Crippen LogP contribution in [0, 0.1) is 0 Å². The average Bonchev–Trinajstić information content (AvgIpc) is 2.66. The smallest absolute Gasteiger partial charge is 0.334 e. The van der Waals surface area contributed by atoms with Crippen LogP contribution in [0.4, 0.5) is 0 Å². The van der Waals surface area contributed by atoms with Crippen LogP contribution >= 0.6 is 0 Å². The third-order valence-electron chi connectivity index (χ3n) is 4.18. The topological polar surface area (TPSA) is 44.8 Å². The van der Waals surface area contributed by atoms with Gasteiger partial charge in [0.05, 0.1) is 13.2 Å². The molecule has 1 atom stereocenters. The predicted molar refractivity (Wildman–Crippen MR) is 95.1 cm³/mol. The Morgan fingerprint density at radius 2 is 1.80 bits per heavy atom. The fourth-order valence-electron chi connectivity index (χ4n) is 2.78. The first-order valence-electron chi connectivity index (χ1n) is 8.44. The fourth-order valence-corrected chi connectivity index (χ4v) is 2.78. The Kier molecular flexibility index (Phi) is 5.73. The molecule has 4 nitrogen and oxygen atoms in total. The van der Waals surface area contributed by atoms with Crippen LogP contribution in [0.1, 0.15) is 24.0 Å². The molecule has 1 aliphatic rings. The number of hydrogen-bond donors (Lipinski definition) is 0. The summed E-state index contributed by atoms with van der Waals surface area (Å²) in [4.78, 5) is 11.5. The number of benzene rings is 2. The summed E-state index contributed by atoms with van der Waals surface area (Å²) in [6, 6.07) is 18.2. The zero-order valence-electron chi connectivity index (χ0n) is 14.3. The molecule has 2 aromatic rings. The molecule has 1 unspecified atom stereocenters. The van der Waals surface area contributed by atoms with E-state index in [4.69, 9.17) is 14.2 Å². The van der Waals surface area contributed by atoms with Gasteiger partial charge in [0.15, 0.2) is 0 Å². The van der Waals surface area contributed by atoms with Crippen molar-refractivity contribution in [3.05, 3.63) is 77.6 Å². The lowest BCUT2D eigenvalue weighted by Crippen LogP contribution is -2.23. The Morgan fingerprint density at radius 3 is 2.52 bits per heavy atom. The van der Waals surface area contributed by atoms with E-state index in [9.17, 15) is 4.79 Å². The van der Waals surface area contributed by atoms with Gasteiger partial charge < -0.3 is 14.2 Å². The molecular weight excluding hydrogens is 316 g/mol. The average molecular weight is 338 g/mol.